The first-order valence-electron chi connectivity index (χ1n) is 9.78. The molecule has 2 heterocycles. The van der Waals surface area contributed by atoms with Crippen LogP contribution in [0.1, 0.15) is 60.3 Å². The Morgan fingerprint density at radius 3 is 2.43 bits per heavy atom. The Kier molecular flexibility index (Phi) is 5.72. The maximum absolute atomic E-state index is 6.23. The quantitative estimate of drug-likeness (QED) is 0.611. The van der Waals surface area contributed by atoms with Crippen LogP contribution in [0.25, 0.3) is 5.69 Å². The van der Waals surface area contributed by atoms with E-state index >= 15 is 0 Å². The lowest BCUT2D eigenvalue weighted by Crippen LogP contribution is -2.16. The predicted molar refractivity (Wildman–Crippen MR) is 115 cm³/mol. The molecule has 1 aromatic heterocycles. The summed E-state index contributed by atoms with van der Waals surface area (Å²) in [6.45, 7) is 1.54. The Hall–Kier alpha value is -1.88. The van der Waals surface area contributed by atoms with E-state index in [0.29, 0.717) is 11.8 Å². The van der Waals surface area contributed by atoms with Crippen LogP contribution in [0.15, 0.2) is 48.5 Å². The molecule has 2 aliphatic rings. The third kappa shape index (κ3) is 3.57. The van der Waals surface area contributed by atoms with E-state index < -0.39 is 0 Å². The molecule has 146 valence electrons. The first kappa shape index (κ1) is 19.4. The van der Waals surface area contributed by atoms with Gasteiger partial charge in [-0.3, -0.25) is 4.57 Å². The molecule has 0 radical (unpaired) electrons. The lowest BCUT2D eigenvalue weighted by atomic mass is 9.78. The number of nitrogens with zero attached hydrogens (tertiary/aromatic N) is 3. The smallest absolute Gasteiger partial charge is 0.151 e. The largest absolute Gasteiger partial charge is 0.306 e. The molecule has 1 fully saturated rings. The maximum atomic E-state index is 6.23. The molecule has 1 saturated carbocycles. The zero-order valence-electron chi connectivity index (χ0n) is 15.6. The van der Waals surface area contributed by atoms with E-state index in [9.17, 15) is 0 Å². The third-order valence-electron chi connectivity index (χ3n) is 6.00. The SMILES string of the molecule is Cl.Clc1ccc2c(c1)CNCc1nnc([C@H]3CC[C@H](c4ccccc4)CC3)n1-2. The van der Waals surface area contributed by atoms with Crippen molar-refractivity contribution in [1.82, 2.24) is 20.1 Å². The minimum atomic E-state index is 0. The number of benzene rings is 2. The Labute approximate surface area is 176 Å². The number of hydrogen-bond donors (Lipinski definition) is 1. The number of fused-ring (bicyclic) bond motifs is 3. The average Bonchev–Trinajstić information content (AvgIpc) is 3.04. The molecule has 5 rings (SSSR count). The topological polar surface area (TPSA) is 42.7 Å². The standard InChI is InChI=1S/C22H23ClN4.ClH/c23-19-10-11-20-18(12-19)13-24-14-21-25-26-22(27(20)21)17-8-6-16(7-9-17)15-4-2-1-3-5-15;/h1-5,10-12,16-17,24H,6-9,13-14H2;1H/t16-,17-;. The summed E-state index contributed by atoms with van der Waals surface area (Å²) in [6.07, 6.45) is 4.74. The van der Waals surface area contributed by atoms with Crippen LogP contribution in [0.3, 0.4) is 0 Å². The van der Waals surface area contributed by atoms with E-state index in [0.717, 1.165) is 42.6 Å². The van der Waals surface area contributed by atoms with Crippen molar-refractivity contribution in [3.8, 4) is 5.69 Å². The van der Waals surface area contributed by atoms with Crippen LogP contribution >= 0.6 is 24.0 Å². The van der Waals surface area contributed by atoms with Crippen molar-refractivity contribution >= 4 is 24.0 Å². The molecule has 0 spiro atoms. The van der Waals surface area contributed by atoms with Crippen LogP contribution in [0, 0.1) is 0 Å². The molecule has 4 nitrogen and oxygen atoms in total. The number of hydrogen-bond acceptors (Lipinski definition) is 3. The molecule has 0 atom stereocenters. The Balaban J connectivity index is 0.00000192. The second-order valence-electron chi connectivity index (χ2n) is 7.65. The zero-order valence-corrected chi connectivity index (χ0v) is 17.2. The predicted octanol–water partition coefficient (Wildman–Crippen LogP) is 5.39. The highest BCUT2D eigenvalue weighted by Crippen LogP contribution is 2.41. The van der Waals surface area contributed by atoms with E-state index in [1.807, 2.05) is 6.07 Å². The number of aromatic nitrogens is 3. The first-order valence-corrected chi connectivity index (χ1v) is 10.2. The Morgan fingerprint density at radius 2 is 1.64 bits per heavy atom. The summed E-state index contributed by atoms with van der Waals surface area (Å²) >= 11 is 6.23. The molecule has 0 amide bonds. The molecule has 1 aliphatic carbocycles. The monoisotopic (exact) mass is 414 g/mol. The molecule has 0 unspecified atom stereocenters. The van der Waals surface area contributed by atoms with Gasteiger partial charge in [0.05, 0.1) is 12.2 Å². The minimum Gasteiger partial charge on any atom is -0.306 e. The van der Waals surface area contributed by atoms with Gasteiger partial charge in [-0.05, 0) is 60.9 Å². The van der Waals surface area contributed by atoms with Crippen molar-refractivity contribution in [3.63, 3.8) is 0 Å². The van der Waals surface area contributed by atoms with Gasteiger partial charge < -0.3 is 5.32 Å². The summed E-state index contributed by atoms with van der Waals surface area (Å²) in [7, 11) is 0. The highest BCUT2D eigenvalue weighted by molar-refractivity contribution is 6.30. The summed E-state index contributed by atoms with van der Waals surface area (Å²) in [5, 5.41) is 13.4. The number of rotatable bonds is 2. The van der Waals surface area contributed by atoms with Crippen LogP contribution in [0.2, 0.25) is 5.02 Å². The molecular weight excluding hydrogens is 391 g/mol. The molecular formula is C22H24Cl2N4. The normalized spacial score (nSPS) is 21.2. The average molecular weight is 415 g/mol. The van der Waals surface area contributed by atoms with Crippen molar-refractivity contribution in [1.29, 1.82) is 0 Å². The first-order chi connectivity index (χ1) is 13.3. The lowest BCUT2D eigenvalue weighted by Gasteiger charge is -2.28. The van der Waals surface area contributed by atoms with E-state index in [4.69, 9.17) is 11.6 Å². The van der Waals surface area contributed by atoms with Crippen LogP contribution < -0.4 is 5.32 Å². The van der Waals surface area contributed by atoms with Gasteiger partial charge in [0.2, 0.25) is 0 Å². The van der Waals surface area contributed by atoms with Gasteiger partial charge in [-0.2, -0.15) is 0 Å². The number of halogens is 2. The fraction of sp³-hybridized carbons (Fsp3) is 0.364. The molecule has 3 aromatic rings. The van der Waals surface area contributed by atoms with Crippen molar-refractivity contribution in [3.05, 3.63) is 76.3 Å². The van der Waals surface area contributed by atoms with Gasteiger partial charge in [-0.25, -0.2) is 0 Å². The van der Waals surface area contributed by atoms with Gasteiger partial charge in [0.1, 0.15) is 5.82 Å². The molecule has 2 aromatic carbocycles. The lowest BCUT2D eigenvalue weighted by molar-refractivity contribution is 0.382. The fourth-order valence-electron chi connectivity index (χ4n) is 4.60. The fourth-order valence-corrected chi connectivity index (χ4v) is 4.80. The molecule has 1 N–H and O–H groups in total. The molecule has 28 heavy (non-hydrogen) atoms. The van der Waals surface area contributed by atoms with Crippen LogP contribution in [0.4, 0.5) is 0 Å². The molecule has 6 heteroatoms. The summed E-state index contributed by atoms with van der Waals surface area (Å²) in [6, 6.07) is 17.0. The number of nitrogens with one attached hydrogen (secondary N) is 1. The summed E-state index contributed by atoms with van der Waals surface area (Å²) < 4.78 is 2.28. The van der Waals surface area contributed by atoms with Gasteiger partial charge >= 0.3 is 0 Å². The molecule has 0 saturated heterocycles. The van der Waals surface area contributed by atoms with E-state index in [2.05, 4.69) is 62.5 Å². The van der Waals surface area contributed by atoms with Crippen LogP contribution in [-0.2, 0) is 13.1 Å². The van der Waals surface area contributed by atoms with E-state index in [-0.39, 0.29) is 12.4 Å². The van der Waals surface area contributed by atoms with E-state index in [1.54, 1.807) is 0 Å². The second-order valence-corrected chi connectivity index (χ2v) is 8.08. The minimum absolute atomic E-state index is 0. The summed E-state index contributed by atoms with van der Waals surface area (Å²) in [4.78, 5) is 0. The van der Waals surface area contributed by atoms with Gasteiger partial charge in [0, 0.05) is 17.5 Å². The van der Waals surface area contributed by atoms with Crippen molar-refractivity contribution in [2.75, 3.05) is 0 Å². The molecule has 1 aliphatic heterocycles. The summed E-state index contributed by atoms with van der Waals surface area (Å²) in [5.74, 6) is 3.25. The second kappa shape index (κ2) is 8.24. The van der Waals surface area contributed by atoms with Gasteiger partial charge in [0.15, 0.2) is 5.82 Å². The highest BCUT2D eigenvalue weighted by atomic mass is 35.5. The van der Waals surface area contributed by atoms with Crippen LogP contribution in [-0.4, -0.2) is 14.8 Å². The third-order valence-corrected chi connectivity index (χ3v) is 6.23. The maximum Gasteiger partial charge on any atom is 0.151 e. The van der Waals surface area contributed by atoms with Crippen molar-refractivity contribution < 1.29 is 0 Å². The molecule has 0 bridgehead atoms. The summed E-state index contributed by atoms with van der Waals surface area (Å²) in [5.41, 5.74) is 3.85. The van der Waals surface area contributed by atoms with Gasteiger partial charge in [0.25, 0.3) is 0 Å². The Bertz CT molecular complexity index is 946. The van der Waals surface area contributed by atoms with Gasteiger partial charge in [-0.15, -0.1) is 22.6 Å². The van der Waals surface area contributed by atoms with Crippen molar-refractivity contribution in [2.45, 2.75) is 50.6 Å². The highest BCUT2D eigenvalue weighted by Gasteiger charge is 2.29. The van der Waals surface area contributed by atoms with Crippen LogP contribution in [0.5, 0.6) is 0 Å². The van der Waals surface area contributed by atoms with Crippen molar-refractivity contribution in [2.24, 2.45) is 0 Å². The zero-order chi connectivity index (χ0) is 18.2. The Morgan fingerprint density at radius 1 is 0.893 bits per heavy atom. The van der Waals surface area contributed by atoms with E-state index in [1.165, 1.54) is 29.7 Å². The van der Waals surface area contributed by atoms with Gasteiger partial charge in [-0.1, -0.05) is 41.9 Å².